The molecule has 0 aromatic carbocycles. The van der Waals surface area contributed by atoms with E-state index >= 15 is 0 Å². The standard InChI is InChI=1S/C15H22N6O/c1-3-7-20-11-12(10-16-20)17-13-5-4-8-21(15(13)22)14-6-9-19(2)18-14/h6,9-11,13,17H,3-5,7-8H2,1-2H3. The minimum atomic E-state index is -0.213. The molecule has 1 N–H and O–H groups in total. The molecule has 1 saturated heterocycles. The molecule has 0 spiro atoms. The van der Waals surface area contributed by atoms with Gasteiger partial charge in [-0.1, -0.05) is 6.92 Å². The van der Waals surface area contributed by atoms with Gasteiger partial charge < -0.3 is 5.32 Å². The lowest BCUT2D eigenvalue weighted by Crippen LogP contribution is -2.48. The lowest BCUT2D eigenvalue weighted by molar-refractivity contribution is -0.120. The average Bonchev–Trinajstić information content (AvgIpc) is 3.11. The van der Waals surface area contributed by atoms with Crippen molar-refractivity contribution >= 4 is 17.4 Å². The van der Waals surface area contributed by atoms with Crippen LogP contribution in [0, 0.1) is 0 Å². The van der Waals surface area contributed by atoms with Gasteiger partial charge in [0.1, 0.15) is 6.04 Å². The molecule has 1 unspecified atom stereocenters. The first-order chi connectivity index (χ1) is 10.7. The van der Waals surface area contributed by atoms with Gasteiger partial charge in [-0.05, 0) is 19.3 Å². The number of anilines is 2. The predicted octanol–water partition coefficient (Wildman–Crippen LogP) is 1.63. The number of aromatic nitrogens is 4. The SMILES string of the molecule is CCCn1cc(NC2CCCN(c3ccn(C)n3)C2=O)cn1. The average molecular weight is 302 g/mol. The Hall–Kier alpha value is -2.31. The molecular weight excluding hydrogens is 280 g/mol. The maximum Gasteiger partial charge on any atom is 0.250 e. The second-order valence-corrected chi connectivity index (χ2v) is 5.67. The Balaban J connectivity index is 1.69. The number of nitrogens with one attached hydrogen (secondary N) is 1. The molecule has 1 fully saturated rings. The molecule has 7 heteroatoms. The number of aryl methyl sites for hydroxylation is 2. The van der Waals surface area contributed by atoms with Crippen LogP contribution >= 0.6 is 0 Å². The molecule has 2 aromatic rings. The molecule has 7 nitrogen and oxygen atoms in total. The molecule has 1 amide bonds. The van der Waals surface area contributed by atoms with Crippen molar-refractivity contribution in [1.82, 2.24) is 19.6 Å². The molecule has 3 heterocycles. The Bertz CT molecular complexity index is 646. The normalized spacial score (nSPS) is 18.7. The first-order valence-corrected chi connectivity index (χ1v) is 7.77. The molecule has 3 rings (SSSR count). The van der Waals surface area contributed by atoms with Crippen LogP contribution in [0.2, 0.25) is 0 Å². The number of carbonyl (C=O) groups is 1. The summed E-state index contributed by atoms with van der Waals surface area (Å²) in [6.07, 6.45) is 8.43. The van der Waals surface area contributed by atoms with Crippen molar-refractivity contribution in [2.24, 2.45) is 7.05 Å². The van der Waals surface area contributed by atoms with Crippen LogP contribution in [-0.2, 0) is 18.4 Å². The van der Waals surface area contributed by atoms with E-state index in [1.165, 1.54) is 0 Å². The Kier molecular flexibility index (Phi) is 4.13. The number of piperidine rings is 1. The molecule has 1 aliphatic heterocycles. The van der Waals surface area contributed by atoms with Crippen molar-refractivity contribution in [3.05, 3.63) is 24.7 Å². The van der Waals surface area contributed by atoms with Crippen LogP contribution in [0.15, 0.2) is 24.7 Å². The Labute approximate surface area is 129 Å². The second kappa shape index (κ2) is 6.21. The van der Waals surface area contributed by atoms with E-state index in [0.717, 1.165) is 43.9 Å². The third-order valence-electron chi connectivity index (χ3n) is 3.84. The van der Waals surface area contributed by atoms with Crippen molar-refractivity contribution < 1.29 is 4.79 Å². The summed E-state index contributed by atoms with van der Waals surface area (Å²) in [7, 11) is 1.86. The summed E-state index contributed by atoms with van der Waals surface area (Å²) in [5, 5.41) is 11.9. The first-order valence-electron chi connectivity index (χ1n) is 7.77. The van der Waals surface area contributed by atoms with E-state index in [1.54, 1.807) is 15.8 Å². The minimum Gasteiger partial charge on any atom is -0.371 e. The van der Waals surface area contributed by atoms with Crippen LogP contribution in [0.4, 0.5) is 11.5 Å². The molecule has 0 aliphatic carbocycles. The zero-order valence-corrected chi connectivity index (χ0v) is 13.1. The fourth-order valence-corrected chi connectivity index (χ4v) is 2.77. The molecule has 0 saturated carbocycles. The predicted molar refractivity (Wildman–Crippen MR) is 84.7 cm³/mol. The summed E-state index contributed by atoms with van der Waals surface area (Å²) in [4.78, 5) is 14.4. The monoisotopic (exact) mass is 302 g/mol. The van der Waals surface area contributed by atoms with E-state index < -0.39 is 0 Å². The van der Waals surface area contributed by atoms with E-state index in [0.29, 0.717) is 0 Å². The summed E-state index contributed by atoms with van der Waals surface area (Å²) >= 11 is 0. The first kappa shape index (κ1) is 14.6. The van der Waals surface area contributed by atoms with Gasteiger partial charge in [-0.25, -0.2) is 0 Å². The fraction of sp³-hybridized carbons (Fsp3) is 0.533. The Morgan fingerprint density at radius 3 is 3.05 bits per heavy atom. The van der Waals surface area contributed by atoms with Gasteiger partial charge in [-0.3, -0.25) is 19.1 Å². The number of carbonyl (C=O) groups excluding carboxylic acids is 1. The molecule has 22 heavy (non-hydrogen) atoms. The van der Waals surface area contributed by atoms with Crippen LogP contribution in [0.25, 0.3) is 0 Å². The molecule has 0 bridgehead atoms. The van der Waals surface area contributed by atoms with E-state index in [1.807, 2.05) is 30.2 Å². The minimum absolute atomic E-state index is 0.0770. The topological polar surface area (TPSA) is 68.0 Å². The lowest BCUT2D eigenvalue weighted by Gasteiger charge is -2.31. The van der Waals surface area contributed by atoms with Crippen LogP contribution in [0.1, 0.15) is 26.2 Å². The molecular formula is C15H22N6O. The van der Waals surface area contributed by atoms with E-state index in [2.05, 4.69) is 22.4 Å². The van der Waals surface area contributed by atoms with Crippen molar-refractivity contribution in [2.45, 2.75) is 38.8 Å². The zero-order valence-electron chi connectivity index (χ0n) is 13.1. The highest BCUT2D eigenvalue weighted by Crippen LogP contribution is 2.21. The van der Waals surface area contributed by atoms with Crippen molar-refractivity contribution in [2.75, 3.05) is 16.8 Å². The maximum absolute atomic E-state index is 12.7. The van der Waals surface area contributed by atoms with Gasteiger partial charge in [0.25, 0.3) is 5.91 Å². The summed E-state index contributed by atoms with van der Waals surface area (Å²) in [5.74, 6) is 0.800. The third-order valence-corrected chi connectivity index (χ3v) is 3.84. The van der Waals surface area contributed by atoms with Crippen LogP contribution in [0.5, 0.6) is 0 Å². The summed E-state index contributed by atoms with van der Waals surface area (Å²) in [6, 6.07) is 1.66. The summed E-state index contributed by atoms with van der Waals surface area (Å²) < 4.78 is 3.61. The molecule has 118 valence electrons. The molecule has 1 atom stereocenters. The van der Waals surface area contributed by atoms with E-state index in [-0.39, 0.29) is 11.9 Å². The number of hydrogen-bond acceptors (Lipinski definition) is 4. The Morgan fingerprint density at radius 1 is 1.45 bits per heavy atom. The fourth-order valence-electron chi connectivity index (χ4n) is 2.77. The highest BCUT2D eigenvalue weighted by Gasteiger charge is 2.30. The smallest absolute Gasteiger partial charge is 0.250 e. The van der Waals surface area contributed by atoms with Crippen LogP contribution < -0.4 is 10.2 Å². The quantitative estimate of drug-likeness (QED) is 0.911. The largest absolute Gasteiger partial charge is 0.371 e. The zero-order chi connectivity index (χ0) is 15.5. The molecule has 1 aliphatic rings. The molecule has 2 aromatic heterocycles. The molecule has 0 radical (unpaired) electrons. The van der Waals surface area contributed by atoms with Gasteiger partial charge >= 0.3 is 0 Å². The van der Waals surface area contributed by atoms with E-state index in [4.69, 9.17) is 0 Å². The van der Waals surface area contributed by atoms with Crippen molar-refractivity contribution in [3.8, 4) is 0 Å². The van der Waals surface area contributed by atoms with Gasteiger partial charge in [0.05, 0.1) is 11.9 Å². The number of nitrogens with zero attached hydrogens (tertiary/aromatic N) is 5. The van der Waals surface area contributed by atoms with Gasteiger partial charge in [-0.15, -0.1) is 0 Å². The lowest BCUT2D eigenvalue weighted by atomic mass is 10.0. The van der Waals surface area contributed by atoms with Gasteiger partial charge in [-0.2, -0.15) is 10.2 Å². The van der Waals surface area contributed by atoms with Crippen molar-refractivity contribution in [1.29, 1.82) is 0 Å². The van der Waals surface area contributed by atoms with Crippen LogP contribution in [0.3, 0.4) is 0 Å². The van der Waals surface area contributed by atoms with E-state index in [9.17, 15) is 4.79 Å². The highest BCUT2D eigenvalue weighted by molar-refractivity contribution is 5.98. The van der Waals surface area contributed by atoms with Gasteiger partial charge in [0, 0.05) is 38.6 Å². The van der Waals surface area contributed by atoms with Gasteiger partial charge in [0.15, 0.2) is 5.82 Å². The van der Waals surface area contributed by atoms with Crippen molar-refractivity contribution in [3.63, 3.8) is 0 Å². The highest BCUT2D eigenvalue weighted by atomic mass is 16.2. The number of amides is 1. The van der Waals surface area contributed by atoms with Crippen LogP contribution in [-0.4, -0.2) is 38.1 Å². The second-order valence-electron chi connectivity index (χ2n) is 5.67. The van der Waals surface area contributed by atoms with Gasteiger partial charge in [0.2, 0.25) is 0 Å². The number of rotatable bonds is 5. The third kappa shape index (κ3) is 2.98. The number of hydrogen-bond donors (Lipinski definition) is 1. The maximum atomic E-state index is 12.7. The Morgan fingerprint density at radius 2 is 2.32 bits per heavy atom. The summed E-state index contributed by atoms with van der Waals surface area (Å²) in [6.45, 7) is 3.73. The summed E-state index contributed by atoms with van der Waals surface area (Å²) in [5.41, 5.74) is 0.898.